The Kier molecular flexibility index (Phi) is 5.06. The number of nitrogens with two attached hydrogens (primary N) is 1. The van der Waals surface area contributed by atoms with Crippen molar-refractivity contribution in [3.8, 4) is 11.8 Å². The lowest BCUT2D eigenvalue weighted by atomic mass is 10.0. The van der Waals surface area contributed by atoms with Crippen molar-refractivity contribution in [1.82, 2.24) is 9.97 Å². The van der Waals surface area contributed by atoms with Crippen molar-refractivity contribution in [1.29, 1.82) is 0 Å². The number of carbonyl (C=O) groups is 1. The first-order chi connectivity index (χ1) is 10.5. The summed E-state index contributed by atoms with van der Waals surface area (Å²) in [5.74, 6) is 0.258. The van der Waals surface area contributed by atoms with E-state index in [4.69, 9.17) is 10.5 Å². The number of benzene rings is 1. The summed E-state index contributed by atoms with van der Waals surface area (Å²) in [5, 5.41) is 2.88. The maximum Gasteiger partial charge on any atom is 0.321 e. The molecule has 2 unspecified atom stereocenters. The highest BCUT2D eigenvalue weighted by Crippen LogP contribution is 2.24. The van der Waals surface area contributed by atoms with E-state index >= 15 is 0 Å². The fraction of sp³-hybridized carbons (Fsp3) is 0.312. The lowest BCUT2D eigenvalue weighted by Crippen LogP contribution is -2.34. The lowest BCUT2D eigenvalue weighted by molar-refractivity contribution is -0.119. The van der Waals surface area contributed by atoms with Gasteiger partial charge in [0.2, 0.25) is 5.91 Å². The monoisotopic (exact) mass is 300 g/mol. The molecule has 1 amide bonds. The fourth-order valence-electron chi connectivity index (χ4n) is 1.77. The smallest absolute Gasteiger partial charge is 0.321 e. The summed E-state index contributed by atoms with van der Waals surface area (Å²) in [5.41, 5.74) is 7.37. The molecule has 22 heavy (non-hydrogen) atoms. The number of rotatable bonds is 5. The van der Waals surface area contributed by atoms with Crippen LogP contribution in [0.2, 0.25) is 0 Å². The van der Waals surface area contributed by atoms with Crippen LogP contribution in [-0.2, 0) is 4.79 Å². The van der Waals surface area contributed by atoms with E-state index in [0.29, 0.717) is 5.75 Å². The Morgan fingerprint density at radius 1 is 1.27 bits per heavy atom. The minimum atomic E-state index is -0.256. The molecule has 1 heterocycles. The van der Waals surface area contributed by atoms with E-state index < -0.39 is 0 Å². The van der Waals surface area contributed by atoms with Gasteiger partial charge in [0.15, 0.2) is 0 Å². The minimum Gasteiger partial charge on any atom is -0.424 e. The number of aromatic nitrogens is 2. The van der Waals surface area contributed by atoms with Crippen LogP contribution in [0.15, 0.2) is 36.7 Å². The third kappa shape index (κ3) is 4.02. The van der Waals surface area contributed by atoms with Gasteiger partial charge in [-0.25, -0.2) is 9.97 Å². The molecule has 2 atom stereocenters. The number of nitrogens with one attached hydrogen (secondary N) is 1. The summed E-state index contributed by atoms with van der Waals surface area (Å²) in [7, 11) is 0. The highest BCUT2D eigenvalue weighted by Gasteiger charge is 2.17. The molecule has 116 valence electrons. The molecule has 2 rings (SSSR count). The SMILES string of the molecule is Cc1cc(Oc2ncccn2)ccc1NC(=O)C(C)C(C)N. The molecule has 0 aliphatic rings. The van der Waals surface area contributed by atoms with E-state index in [2.05, 4.69) is 15.3 Å². The highest BCUT2D eigenvalue weighted by atomic mass is 16.5. The normalized spacial score (nSPS) is 13.3. The summed E-state index contributed by atoms with van der Waals surface area (Å²) in [6.07, 6.45) is 3.22. The third-order valence-electron chi connectivity index (χ3n) is 3.41. The number of nitrogens with zero attached hydrogens (tertiary/aromatic N) is 2. The average Bonchev–Trinajstić information content (AvgIpc) is 2.50. The number of ether oxygens (including phenoxy) is 1. The Morgan fingerprint density at radius 3 is 2.55 bits per heavy atom. The van der Waals surface area contributed by atoms with Gasteiger partial charge in [-0.05, 0) is 43.7 Å². The van der Waals surface area contributed by atoms with Crippen LogP contribution in [0.1, 0.15) is 19.4 Å². The molecule has 3 N–H and O–H groups in total. The van der Waals surface area contributed by atoms with Crippen LogP contribution in [0, 0.1) is 12.8 Å². The number of aryl methyl sites for hydroxylation is 1. The van der Waals surface area contributed by atoms with E-state index in [0.717, 1.165) is 11.3 Å². The van der Waals surface area contributed by atoms with E-state index in [1.54, 1.807) is 37.5 Å². The second-order valence-corrected chi connectivity index (χ2v) is 5.25. The molecule has 0 aliphatic carbocycles. The maximum atomic E-state index is 12.0. The Labute approximate surface area is 129 Å². The second kappa shape index (κ2) is 7.00. The molecule has 6 nitrogen and oxygen atoms in total. The van der Waals surface area contributed by atoms with Crippen molar-refractivity contribution in [2.45, 2.75) is 26.8 Å². The molecule has 0 saturated carbocycles. The molecular weight excluding hydrogens is 280 g/mol. The van der Waals surface area contributed by atoms with Crippen LogP contribution in [0.4, 0.5) is 5.69 Å². The van der Waals surface area contributed by atoms with Crippen LogP contribution in [0.5, 0.6) is 11.8 Å². The summed E-state index contributed by atoms with van der Waals surface area (Å²) in [6, 6.07) is 7.18. The van der Waals surface area contributed by atoms with E-state index in [1.165, 1.54) is 0 Å². The van der Waals surface area contributed by atoms with Crippen molar-refractivity contribution in [3.05, 3.63) is 42.2 Å². The topological polar surface area (TPSA) is 90.1 Å². The maximum absolute atomic E-state index is 12.0. The Hall–Kier alpha value is -2.47. The Morgan fingerprint density at radius 2 is 1.95 bits per heavy atom. The van der Waals surface area contributed by atoms with Gasteiger partial charge in [-0.15, -0.1) is 0 Å². The van der Waals surface area contributed by atoms with Gasteiger partial charge in [-0.1, -0.05) is 6.92 Å². The molecule has 0 radical (unpaired) electrons. The molecule has 0 saturated heterocycles. The first-order valence-corrected chi connectivity index (χ1v) is 7.09. The Bertz CT molecular complexity index is 644. The predicted molar refractivity (Wildman–Crippen MR) is 84.7 cm³/mol. The Balaban J connectivity index is 2.08. The first kappa shape index (κ1) is 15.9. The van der Waals surface area contributed by atoms with Crippen molar-refractivity contribution in [2.75, 3.05) is 5.32 Å². The summed E-state index contributed by atoms with van der Waals surface area (Å²) >= 11 is 0. The van der Waals surface area contributed by atoms with Gasteiger partial charge in [0, 0.05) is 24.1 Å². The number of anilines is 1. The van der Waals surface area contributed by atoms with Crippen molar-refractivity contribution in [2.24, 2.45) is 11.7 Å². The molecule has 0 bridgehead atoms. The summed E-state index contributed by atoms with van der Waals surface area (Å²) < 4.78 is 5.55. The van der Waals surface area contributed by atoms with Gasteiger partial charge in [0.05, 0.1) is 5.92 Å². The molecule has 6 heteroatoms. The zero-order valence-electron chi connectivity index (χ0n) is 12.9. The number of amides is 1. The first-order valence-electron chi connectivity index (χ1n) is 7.09. The third-order valence-corrected chi connectivity index (χ3v) is 3.41. The van der Waals surface area contributed by atoms with E-state index in [-0.39, 0.29) is 23.9 Å². The lowest BCUT2D eigenvalue weighted by Gasteiger charge is -2.16. The standard InChI is InChI=1S/C16H20N4O2/c1-10-9-13(22-16-18-7-4-8-19-16)5-6-14(10)20-15(21)11(2)12(3)17/h4-9,11-12H,17H2,1-3H3,(H,20,21). The van der Waals surface area contributed by atoms with Crippen LogP contribution < -0.4 is 15.8 Å². The quantitative estimate of drug-likeness (QED) is 0.885. The largest absolute Gasteiger partial charge is 0.424 e. The number of hydrogen-bond acceptors (Lipinski definition) is 5. The van der Waals surface area contributed by atoms with Crippen molar-refractivity contribution < 1.29 is 9.53 Å². The van der Waals surface area contributed by atoms with Crippen molar-refractivity contribution in [3.63, 3.8) is 0 Å². The predicted octanol–water partition coefficient (Wildman–Crippen LogP) is 2.50. The van der Waals surface area contributed by atoms with Crippen LogP contribution in [0.3, 0.4) is 0 Å². The molecule has 0 spiro atoms. The van der Waals surface area contributed by atoms with Gasteiger partial charge in [-0.3, -0.25) is 4.79 Å². The average molecular weight is 300 g/mol. The highest BCUT2D eigenvalue weighted by molar-refractivity contribution is 5.93. The molecule has 0 aliphatic heterocycles. The van der Waals surface area contributed by atoms with Crippen LogP contribution in [-0.4, -0.2) is 21.9 Å². The van der Waals surface area contributed by atoms with Crippen LogP contribution >= 0.6 is 0 Å². The van der Waals surface area contributed by atoms with Crippen molar-refractivity contribution >= 4 is 11.6 Å². The van der Waals surface area contributed by atoms with Crippen LogP contribution in [0.25, 0.3) is 0 Å². The molecule has 1 aromatic heterocycles. The van der Waals surface area contributed by atoms with E-state index in [1.807, 2.05) is 19.9 Å². The number of carbonyl (C=O) groups excluding carboxylic acids is 1. The molecular formula is C16H20N4O2. The fourth-order valence-corrected chi connectivity index (χ4v) is 1.77. The van der Waals surface area contributed by atoms with E-state index in [9.17, 15) is 4.79 Å². The minimum absolute atomic E-state index is 0.0989. The molecule has 2 aromatic rings. The van der Waals surface area contributed by atoms with Gasteiger partial charge >= 0.3 is 6.01 Å². The zero-order chi connectivity index (χ0) is 16.1. The molecule has 0 fully saturated rings. The summed E-state index contributed by atoms with van der Waals surface area (Å²) in [4.78, 5) is 20.0. The summed E-state index contributed by atoms with van der Waals surface area (Å²) in [6.45, 7) is 5.51. The molecule has 1 aromatic carbocycles. The zero-order valence-corrected chi connectivity index (χ0v) is 12.9. The van der Waals surface area contributed by atoms with Gasteiger partial charge < -0.3 is 15.8 Å². The number of hydrogen-bond donors (Lipinski definition) is 2. The van der Waals surface area contributed by atoms with Gasteiger partial charge in [0.25, 0.3) is 0 Å². The van der Waals surface area contributed by atoms with Gasteiger partial charge in [-0.2, -0.15) is 0 Å². The van der Waals surface area contributed by atoms with Gasteiger partial charge in [0.1, 0.15) is 5.75 Å². The second-order valence-electron chi connectivity index (χ2n) is 5.25.